The second-order valence-corrected chi connectivity index (χ2v) is 8.58. The Morgan fingerprint density at radius 1 is 1.09 bits per heavy atom. The van der Waals surface area contributed by atoms with Gasteiger partial charge in [0.05, 0.1) is 22.0 Å². The molecule has 8 nitrogen and oxygen atoms in total. The second kappa shape index (κ2) is 8.31. The van der Waals surface area contributed by atoms with Crippen molar-refractivity contribution in [2.24, 2.45) is 5.92 Å². The highest BCUT2D eigenvalue weighted by molar-refractivity contribution is 5.95. The molecule has 0 bridgehead atoms. The van der Waals surface area contributed by atoms with Crippen molar-refractivity contribution in [3.63, 3.8) is 0 Å². The van der Waals surface area contributed by atoms with Gasteiger partial charge in [-0.3, -0.25) is 14.4 Å². The molecule has 2 aromatic carbocycles. The summed E-state index contributed by atoms with van der Waals surface area (Å²) in [5.74, 6) is -0.826. The van der Waals surface area contributed by atoms with E-state index in [9.17, 15) is 23.9 Å². The third kappa shape index (κ3) is 4.06. The highest BCUT2D eigenvalue weighted by Gasteiger charge is 2.35. The van der Waals surface area contributed by atoms with Crippen molar-refractivity contribution in [3.8, 4) is 5.75 Å². The largest absolute Gasteiger partial charge is 0.507 e. The second-order valence-electron chi connectivity index (χ2n) is 8.58. The van der Waals surface area contributed by atoms with E-state index in [2.05, 4.69) is 10.2 Å². The van der Waals surface area contributed by atoms with E-state index >= 15 is 0 Å². The van der Waals surface area contributed by atoms with Crippen LogP contribution in [0.2, 0.25) is 0 Å². The average Bonchev–Trinajstić information content (AvgIpc) is 3.67. The Morgan fingerprint density at radius 2 is 1.82 bits per heavy atom. The molecule has 2 fully saturated rings. The number of amides is 2. The molecular weight excluding hydrogens is 427 g/mol. The quantitative estimate of drug-likeness (QED) is 0.633. The van der Waals surface area contributed by atoms with Crippen molar-refractivity contribution in [1.82, 2.24) is 20.0 Å². The number of aromatic hydroxyl groups is 1. The van der Waals surface area contributed by atoms with Crippen LogP contribution in [-0.4, -0.2) is 63.1 Å². The monoisotopic (exact) mass is 450 g/mol. The zero-order valence-electron chi connectivity index (χ0n) is 17.9. The molecule has 2 heterocycles. The van der Waals surface area contributed by atoms with E-state index in [1.165, 1.54) is 18.2 Å². The molecule has 1 aromatic heterocycles. The van der Waals surface area contributed by atoms with Crippen LogP contribution < -0.4 is 5.56 Å². The number of phenols is 1. The zero-order chi connectivity index (χ0) is 23.1. The maximum Gasteiger partial charge on any atom is 0.272 e. The van der Waals surface area contributed by atoms with E-state index in [1.807, 2.05) is 0 Å². The number of aromatic nitrogens is 2. The number of H-pyrrole nitrogens is 1. The fraction of sp³-hybridized carbons (Fsp3) is 0.333. The van der Waals surface area contributed by atoms with Gasteiger partial charge in [-0.25, -0.2) is 9.49 Å². The van der Waals surface area contributed by atoms with Gasteiger partial charge in [-0.05, 0) is 42.7 Å². The number of hydrogen-bond acceptors (Lipinski definition) is 5. The van der Waals surface area contributed by atoms with Crippen molar-refractivity contribution in [2.75, 3.05) is 26.2 Å². The first-order valence-electron chi connectivity index (χ1n) is 11.0. The van der Waals surface area contributed by atoms with Crippen molar-refractivity contribution >= 4 is 22.6 Å². The Hall–Kier alpha value is -3.75. The summed E-state index contributed by atoms with van der Waals surface area (Å²) in [5, 5.41) is 17.4. The Kier molecular flexibility index (Phi) is 5.32. The number of rotatable bonds is 4. The SMILES string of the molecule is O=C(c1cc(Cc2n[nH]c(=O)c3cccc(O)c23)ccc1F)N1CCN(C(=O)C2CC2)CC1. The number of piperazine rings is 1. The van der Waals surface area contributed by atoms with Crippen LogP contribution in [-0.2, 0) is 11.2 Å². The smallest absolute Gasteiger partial charge is 0.272 e. The predicted molar refractivity (Wildman–Crippen MR) is 118 cm³/mol. The van der Waals surface area contributed by atoms with Gasteiger partial charge >= 0.3 is 0 Å². The van der Waals surface area contributed by atoms with Crippen molar-refractivity contribution in [1.29, 1.82) is 0 Å². The third-order valence-corrected chi connectivity index (χ3v) is 6.31. The van der Waals surface area contributed by atoms with Gasteiger partial charge < -0.3 is 14.9 Å². The van der Waals surface area contributed by atoms with Gasteiger partial charge in [0, 0.05) is 38.5 Å². The number of fused-ring (bicyclic) bond motifs is 1. The minimum atomic E-state index is -0.623. The third-order valence-electron chi connectivity index (χ3n) is 6.31. The topological polar surface area (TPSA) is 107 Å². The number of phenolic OH excluding ortho intramolecular Hbond substituents is 1. The molecule has 0 radical (unpaired) electrons. The Labute approximate surface area is 188 Å². The molecule has 1 aliphatic carbocycles. The van der Waals surface area contributed by atoms with Gasteiger partial charge in [0.2, 0.25) is 5.91 Å². The molecule has 1 aliphatic heterocycles. The van der Waals surface area contributed by atoms with E-state index in [0.717, 1.165) is 12.8 Å². The summed E-state index contributed by atoms with van der Waals surface area (Å²) in [5.41, 5.74) is 0.567. The molecule has 2 aliphatic rings. The van der Waals surface area contributed by atoms with E-state index in [4.69, 9.17) is 0 Å². The minimum absolute atomic E-state index is 0.0487. The van der Waals surface area contributed by atoms with Crippen LogP contribution >= 0.6 is 0 Å². The number of benzene rings is 2. The van der Waals surface area contributed by atoms with Crippen LogP contribution in [0.1, 0.15) is 34.5 Å². The summed E-state index contributed by atoms with van der Waals surface area (Å²) in [7, 11) is 0. The first-order valence-corrected chi connectivity index (χ1v) is 11.0. The number of carbonyl (C=O) groups excluding carboxylic acids is 2. The Morgan fingerprint density at radius 3 is 2.55 bits per heavy atom. The van der Waals surface area contributed by atoms with Gasteiger partial charge in [-0.1, -0.05) is 12.1 Å². The van der Waals surface area contributed by atoms with Crippen LogP contribution in [0.15, 0.2) is 41.2 Å². The normalized spacial score (nSPS) is 16.3. The number of nitrogens with zero attached hydrogens (tertiary/aromatic N) is 3. The maximum absolute atomic E-state index is 14.6. The fourth-order valence-electron chi connectivity index (χ4n) is 4.32. The number of carbonyl (C=O) groups is 2. The summed E-state index contributed by atoms with van der Waals surface area (Å²) in [6.45, 7) is 1.63. The molecule has 0 unspecified atom stereocenters. The lowest BCUT2D eigenvalue weighted by Crippen LogP contribution is -2.51. The molecule has 2 amide bonds. The van der Waals surface area contributed by atoms with Gasteiger partial charge in [-0.2, -0.15) is 5.10 Å². The molecule has 2 N–H and O–H groups in total. The lowest BCUT2D eigenvalue weighted by Gasteiger charge is -2.35. The van der Waals surface area contributed by atoms with Crippen LogP contribution in [0.5, 0.6) is 5.75 Å². The molecule has 3 aromatic rings. The number of aromatic amines is 1. The standard InChI is InChI=1S/C24H23FN4O4/c25-18-7-4-14(13-19-21-16(22(31)27-26-19)2-1-3-20(21)30)12-17(18)24(33)29-10-8-28(9-11-29)23(32)15-5-6-15/h1-4,7,12,15,30H,5-6,8-11,13H2,(H,27,31). The number of halogens is 1. The van der Waals surface area contributed by atoms with Gasteiger partial charge in [0.15, 0.2) is 0 Å². The van der Waals surface area contributed by atoms with E-state index in [1.54, 1.807) is 28.0 Å². The lowest BCUT2D eigenvalue weighted by molar-refractivity contribution is -0.134. The fourth-order valence-corrected chi connectivity index (χ4v) is 4.32. The Bertz CT molecular complexity index is 1310. The molecule has 0 atom stereocenters. The predicted octanol–water partition coefficient (Wildman–Crippen LogP) is 2.05. The summed E-state index contributed by atoms with van der Waals surface area (Å²) in [6, 6.07) is 8.91. The summed E-state index contributed by atoms with van der Waals surface area (Å²) in [6.07, 6.45) is 2.06. The zero-order valence-corrected chi connectivity index (χ0v) is 17.9. The molecule has 5 rings (SSSR count). The van der Waals surface area contributed by atoms with Crippen LogP contribution in [0.25, 0.3) is 10.8 Å². The highest BCUT2D eigenvalue weighted by atomic mass is 19.1. The van der Waals surface area contributed by atoms with Crippen molar-refractivity contribution in [2.45, 2.75) is 19.3 Å². The van der Waals surface area contributed by atoms with E-state index in [-0.39, 0.29) is 29.6 Å². The molecular formula is C24H23FN4O4. The van der Waals surface area contributed by atoms with Crippen molar-refractivity contribution < 1.29 is 19.1 Å². The first kappa shape index (κ1) is 21.1. The van der Waals surface area contributed by atoms with Crippen LogP contribution in [0.4, 0.5) is 4.39 Å². The van der Waals surface area contributed by atoms with Gasteiger partial charge in [0.1, 0.15) is 11.6 Å². The van der Waals surface area contributed by atoms with Crippen LogP contribution in [0.3, 0.4) is 0 Å². The molecule has 170 valence electrons. The summed E-state index contributed by atoms with van der Waals surface area (Å²) in [4.78, 5) is 40.7. The van der Waals surface area contributed by atoms with Crippen molar-refractivity contribution in [3.05, 3.63) is 69.4 Å². The number of hydrogen-bond donors (Lipinski definition) is 2. The first-order chi connectivity index (χ1) is 15.9. The average molecular weight is 450 g/mol. The summed E-state index contributed by atoms with van der Waals surface area (Å²) < 4.78 is 14.6. The summed E-state index contributed by atoms with van der Waals surface area (Å²) >= 11 is 0. The molecule has 9 heteroatoms. The highest BCUT2D eigenvalue weighted by Crippen LogP contribution is 2.31. The minimum Gasteiger partial charge on any atom is -0.507 e. The van der Waals surface area contributed by atoms with Crippen LogP contribution in [0, 0.1) is 11.7 Å². The molecule has 1 saturated carbocycles. The van der Waals surface area contributed by atoms with Gasteiger partial charge in [0.25, 0.3) is 11.5 Å². The van der Waals surface area contributed by atoms with E-state index < -0.39 is 17.3 Å². The number of nitrogens with one attached hydrogen (secondary N) is 1. The molecule has 0 spiro atoms. The van der Waals surface area contributed by atoms with E-state index in [0.29, 0.717) is 48.2 Å². The lowest BCUT2D eigenvalue weighted by atomic mass is 10.0. The molecule has 33 heavy (non-hydrogen) atoms. The maximum atomic E-state index is 14.6. The van der Waals surface area contributed by atoms with Gasteiger partial charge in [-0.15, -0.1) is 0 Å². The molecule has 1 saturated heterocycles. The Balaban J connectivity index is 1.36.